The molecule has 24 heavy (non-hydrogen) atoms. The Labute approximate surface area is 141 Å². The molecule has 0 bridgehead atoms. The van der Waals surface area contributed by atoms with Crippen molar-refractivity contribution >= 4 is 5.57 Å². The van der Waals surface area contributed by atoms with Gasteiger partial charge in [0.05, 0.1) is 5.70 Å². The van der Waals surface area contributed by atoms with Crippen molar-refractivity contribution in [3.05, 3.63) is 89.1 Å². The summed E-state index contributed by atoms with van der Waals surface area (Å²) < 4.78 is 29.1. The third-order valence-corrected chi connectivity index (χ3v) is 4.51. The lowest BCUT2D eigenvalue weighted by atomic mass is 10.0. The van der Waals surface area contributed by atoms with Gasteiger partial charge in [-0.1, -0.05) is 55.1 Å². The van der Waals surface area contributed by atoms with Crippen molar-refractivity contribution in [1.82, 2.24) is 5.32 Å². The molecule has 2 aromatic carbocycles. The molecule has 0 amide bonds. The summed E-state index contributed by atoms with van der Waals surface area (Å²) in [5, 5.41) is 2.79. The van der Waals surface area contributed by atoms with Crippen LogP contribution in [0.3, 0.4) is 0 Å². The minimum Gasteiger partial charge on any atom is -0.380 e. The maximum atomic E-state index is 14.5. The van der Waals surface area contributed by atoms with Crippen LogP contribution in [0.15, 0.2) is 61.3 Å². The molecule has 0 aromatic heterocycles. The molecule has 1 N–H and O–H groups in total. The fourth-order valence-corrected chi connectivity index (χ4v) is 3.06. The number of halogens is 2. The van der Waals surface area contributed by atoms with Crippen molar-refractivity contribution in [2.75, 3.05) is 0 Å². The van der Waals surface area contributed by atoms with Crippen molar-refractivity contribution in [2.45, 2.75) is 32.2 Å². The van der Waals surface area contributed by atoms with Gasteiger partial charge in [-0.25, -0.2) is 0 Å². The van der Waals surface area contributed by atoms with E-state index >= 15 is 0 Å². The van der Waals surface area contributed by atoms with E-state index in [9.17, 15) is 8.78 Å². The molecule has 0 heterocycles. The molecule has 0 spiro atoms. The first-order chi connectivity index (χ1) is 11.4. The maximum Gasteiger partial charge on any atom is 0.311 e. The second-order valence-corrected chi connectivity index (χ2v) is 6.37. The average molecular weight is 325 g/mol. The SMILES string of the molecule is C=C1CCc2cc(CNC(=C)C(F)(F)c3cccc(C)c3)ccc21. The highest BCUT2D eigenvalue weighted by molar-refractivity contribution is 5.71. The van der Waals surface area contributed by atoms with Crippen molar-refractivity contribution in [3.8, 4) is 0 Å². The van der Waals surface area contributed by atoms with Gasteiger partial charge in [0, 0.05) is 12.1 Å². The van der Waals surface area contributed by atoms with Gasteiger partial charge in [0.2, 0.25) is 0 Å². The molecule has 0 atom stereocenters. The molecule has 0 saturated carbocycles. The number of hydrogen-bond donors (Lipinski definition) is 1. The first-order valence-corrected chi connectivity index (χ1v) is 8.06. The Hall–Kier alpha value is -2.42. The fraction of sp³-hybridized carbons (Fsp3) is 0.238. The number of allylic oxidation sites excluding steroid dienone is 2. The number of aryl methyl sites for hydroxylation is 2. The van der Waals surface area contributed by atoms with Gasteiger partial charge in [-0.15, -0.1) is 0 Å². The summed E-state index contributed by atoms with van der Waals surface area (Å²) >= 11 is 0. The Balaban J connectivity index is 1.70. The Morgan fingerprint density at radius 2 is 1.96 bits per heavy atom. The third kappa shape index (κ3) is 3.12. The summed E-state index contributed by atoms with van der Waals surface area (Å²) in [7, 11) is 0. The number of alkyl halides is 2. The maximum absolute atomic E-state index is 14.5. The standard InChI is InChI=1S/C21H21F2N/c1-14-5-4-6-19(11-14)21(22,23)16(3)24-13-17-8-10-20-15(2)7-9-18(20)12-17/h4-6,8,10-12,24H,2-3,7,9,13H2,1H3. The minimum atomic E-state index is -3.10. The predicted octanol–water partition coefficient (Wildman–Crippen LogP) is 5.35. The lowest BCUT2D eigenvalue weighted by molar-refractivity contribution is 0.0305. The zero-order valence-electron chi connectivity index (χ0n) is 13.8. The quantitative estimate of drug-likeness (QED) is 0.781. The number of nitrogens with one attached hydrogen (secondary N) is 1. The number of fused-ring (bicyclic) bond motifs is 1. The molecule has 1 aliphatic carbocycles. The summed E-state index contributed by atoms with van der Waals surface area (Å²) in [4.78, 5) is 0. The van der Waals surface area contributed by atoms with E-state index in [0.717, 1.165) is 29.5 Å². The Morgan fingerprint density at radius 1 is 1.17 bits per heavy atom. The van der Waals surface area contributed by atoms with Gasteiger partial charge in [-0.2, -0.15) is 8.78 Å². The van der Waals surface area contributed by atoms with Gasteiger partial charge in [-0.3, -0.25) is 0 Å². The van der Waals surface area contributed by atoms with Crippen LogP contribution in [0.4, 0.5) is 8.78 Å². The van der Waals surface area contributed by atoms with E-state index in [1.165, 1.54) is 23.3 Å². The Bertz CT molecular complexity index is 805. The van der Waals surface area contributed by atoms with Crippen LogP contribution in [0.5, 0.6) is 0 Å². The second kappa shape index (κ2) is 6.23. The largest absolute Gasteiger partial charge is 0.380 e. The van der Waals surface area contributed by atoms with E-state index in [4.69, 9.17) is 0 Å². The number of benzene rings is 2. The predicted molar refractivity (Wildman–Crippen MR) is 94.8 cm³/mol. The van der Waals surface area contributed by atoms with Crippen LogP contribution in [-0.2, 0) is 18.9 Å². The van der Waals surface area contributed by atoms with Crippen molar-refractivity contribution < 1.29 is 8.78 Å². The van der Waals surface area contributed by atoms with Crippen LogP contribution in [0.2, 0.25) is 0 Å². The molecule has 3 heteroatoms. The van der Waals surface area contributed by atoms with E-state index in [0.29, 0.717) is 6.54 Å². The number of hydrogen-bond acceptors (Lipinski definition) is 1. The smallest absolute Gasteiger partial charge is 0.311 e. The van der Waals surface area contributed by atoms with Crippen LogP contribution >= 0.6 is 0 Å². The Morgan fingerprint density at radius 3 is 2.71 bits per heavy atom. The van der Waals surface area contributed by atoms with Crippen LogP contribution in [0, 0.1) is 6.92 Å². The molecule has 0 aliphatic heterocycles. The molecule has 3 rings (SSSR count). The van der Waals surface area contributed by atoms with Gasteiger partial charge in [0.15, 0.2) is 0 Å². The van der Waals surface area contributed by atoms with Gasteiger partial charge in [-0.05, 0) is 48.1 Å². The lowest BCUT2D eigenvalue weighted by Crippen LogP contribution is -2.27. The van der Waals surface area contributed by atoms with Crippen LogP contribution < -0.4 is 5.32 Å². The summed E-state index contributed by atoms with van der Waals surface area (Å²) in [6, 6.07) is 12.4. The van der Waals surface area contributed by atoms with Gasteiger partial charge >= 0.3 is 5.92 Å². The molecular formula is C21H21F2N. The van der Waals surface area contributed by atoms with E-state index in [1.54, 1.807) is 19.1 Å². The highest BCUT2D eigenvalue weighted by Gasteiger charge is 2.35. The van der Waals surface area contributed by atoms with E-state index in [1.807, 2.05) is 12.1 Å². The van der Waals surface area contributed by atoms with Crippen molar-refractivity contribution in [1.29, 1.82) is 0 Å². The normalized spacial score (nSPS) is 13.7. The third-order valence-electron chi connectivity index (χ3n) is 4.51. The highest BCUT2D eigenvalue weighted by atomic mass is 19.3. The van der Waals surface area contributed by atoms with Crippen LogP contribution in [0.25, 0.3) is 5.57 Å². The van der Waals surface area contributed by atoms with Gasteiger partial charge < -0.3 is 5.32 Å². The summed E-state index contributed by atoms with van der Waals surface area (Å²) in [5.74, 6) is -3.10. The van der Waals surface area contributed by atoms with E-state index in [-0.39, 0.29) is 11.3 Å². The summed E-state index contributed by atoms with van der Waals surface area (Å²) in [6.07, 6.45) is 1.95. The van der Waals surface area contributed by atoms with Gasteiger partial charge in [0.1, 0.15) is 0 Å². The van der Waals surface area contributed by atoms with Gasteiger partial charge in [0.25, 0.3) is 0 Å². The first-order valence-electron chi connectivity index (χ1n) is 8.06. The van der Waals surface area contributed by atoms with Crippen LogP contribution in [0.1, 0.15) is 34.2 Å². The highest BCUT2D eigenvalue weighted by Crippen LogP contribution is 2.34. The number of rotatable bonds is 5. The molecule has 1 nitrogen and oxygen atoms in total. The van der Waals surface area contributed by atoms with E-state index in [2.05, 4.69) is 24.5 Å². The monoisotopic (exact) mass is 325 g/mol. The summed E-state index contributed by atoms with van der Waals surface area (Å²) in [6.45, 7) is 9.73. The minimum absolute atomic E-state index is 0.0368. The second-order valence-electron chi connectivity index (χ2n) is 6.37. The molecule has 0 radical (unpaired) electrons. The first kappa shape index (κ1) is 16.4. The Kier molecular flexibility index (Phi) is 4.27. The van der Waals surface area contributed by atoms with Crippen molar-refractivity contribution in [3.63, 3.8) is 0 Å². The molecular weight excluding hydrogens is 304 g/mol. The van der Waals surface area contributed by atoms with Crippen LogP contribution in [-0.4, -0.2) is 0 Å². The molecule has 0 fully saturated rings. The molecule has 0 saturated heterocycles. The molecule has 124 valence electrons. The zero-order chi connectivity index (χ0) is 17.3. The van der Waals surface area contributed by atoms with Crippen molar-refractivity contribution in [2.24, 2.45) is 0 Å². The molecule has 2 aromatic rings. The lowest BCUT2D eigenvalue weighted by Gasteiger charge is -2.21. The fourth-order valence-electron chi connectivity index (χ4n) is 3.06. The summed E-state index contributed by atoms with van der Waals surface area (Å²) in [5.41, 5.74) is 5.06. The molecule has 0 unspecified atom stereocenters. The zero-order valence-corrected chi connectivity index (χ0v) is 13.8. The molecule has 1 aliphatic rings. The van der Waals surface area contributed by atoms with E-state index < -0.39 is 5.92 Å². The average Bonchev–Trinajstić information content (AvgIpc) is 2.93. The topological polar surface area (TPSA) is 12.0 Å².